The van der Waals surface area contributed by atoms with E-state index in [9.17, 15) is 24.2 Å². The van der Waals surface area contributed by atoms with E-state index in [1.54, 1.807) is 12.2 Å². The summed E-state index contributed by atoms with van der Waals surface area (Å²) in [6, 6.07) is 0. The summed E-state index contributed by atoms with van der Waals surface area (Å²) in [7, 11) is -4.43. The van der Waals surface area contributed by atoms with Crippen molar-refractivity contribution in [2.45, 2.75) is 174 Å². The zero-order valence-electron chi connectivity index (χ0n) is 33.8. The first-order valence-electron chi connectivity index (χ1n) is 20.9. The third-order valence-electron chi connectivity index (χ3n) is 8.52. The maximum Gasteiger partial charge on any atom is 0.472 e. The Kier molecular flexibility index (Phi) is 37.2. The number of unbranched alkanes of at least 4 members (excludes halogenated alkanes) is 14. The van der Waals surface area contributed by atoms with E-state index in [0.717, 1.165) is 44.9 Å². The molecule has 0 rings (SSSR count). The third-order valence-corrected chi connectivity index (χ3v) is 9.51. The SMILES string of the molecule is CC/C=C\C/C=C\C/C=C\C/C=C\C=C\C(O)CCCC(=O)OC(COC(=O)CCCCCCCCCCCCCCCCC)COP(=O)(O)OCCN. The number of carbonyl (C=O) groups is 2. The van der Waals surface area contributed by atoms with Gasteiger partial charge in [-0.2, -0.15) is 0 Å². The van der Waals surface area contributed by atoms with Crippen LogP contribution in [0.5, 0.6) is 0 Å². The molecule has 0 bridgehead atoms. The van der Waals surface area contributed by atoms with Crippen molar-refractivity contribution < 1.29 is 42.7 Å². The monoisotopic (exact) mass is 782 g/mol. The summed E-state index contributed by atoms with van der Waals surface area (Å²) in [6.45, 7) is 3.38. The number of hydrogen-bond donors (Lipinski definition) is 3. The van der Waals surface area contributed by atoms with Crippen LogP contribution in [-0.2, 0) is 32.7 Å². The molecule has 0 aromatic heterocycles. The topological polar surface area (TPSA) is 155 Å². The van der Waals surface area contributed by atoms with Crippen molar-refractivity contribution in [2.75, 3.05) is 26.4 Å². The molecule has 0 saturated carbocycles. The molecule has 0 aromatic carbocycles. The van der Waals surface area contributed by atoms with E-state index in [2.05, 4.69) is 50.3 Å². The van der Waals surface area contributed by atoms with E-state index in [0.29, 0.717) is 19.3 Å². The summed E-state index contributed by atoms with van der Waals surface area (Å²) in [6.07, 6.45) is 41.4. The Bertz CT molecular complexity index is 1090. The number of ether oxygens (including phenoxy) is 2. The van der Waals surface area contributed by atoms with Gasteiger partial charge in [-0.1, -0.05) is 164 Å². The van der Waals surface area contributed by atoms with Gasteiger partial charge >= 0.3 is 19.8 Å². The van der Waals surface area contributed by atoms with Crippen molar-refractivity contribution in [1.29, 1.82) is 0 Å². The highest BCUT2D eigenvalue weighted by Gasteiger charge is 2.26. The molecule has 0 saturated heterocycles. The number of aliphatic hydroxyl groups is 1. The summed E-state index contributed by atoms with van der Waals surface area (Å²) in [4.78, 5) is 34.8. The van der Waals surface area contributed by atoms with Crippen molar-refractivity contribution >= 4 is 19.8 Å². The number of phosphoric ester groups is 1. The first-order chi connectivity index (χ1) is 26.2. The molecule has 0 aliphatic rings. The van der Waals surface area contributed by atoms with Crippen LogP contribution in [0.1, 0.15) is 162 Å². The molecule has 0 fully saturated rings. The number of aliphatic hydroxyl groups excluding tert-OH is 1. The maximum atomic E-state index is 12.6. The van der Waals surface area contributed by atoms with Gasteiger partial charge in [0.2, 0.25) is 0 Å². The van der Waals surface area contributed by atoms with Crippen LogP contribution in [0.15, 0.2) is 60.8 Å². The lowest BCUT2D eigenvalue weighted by molar-refractivity contribution is -0.161. The summed E-state index contributed by atoms with van der Waals surface area (Å²) < 4.78 is 32.6. The largest absolute Gasteiger partial charge is 0.472 e. The van der Waals surface area contributed by atoms with Gasteiger partial charge in [-0.15, -0.1) is 0 Å². The van der Waals surface area contributed by atoms with Crippen LogP contribution >= 0.6 is 7.82 Å². The normalized spacial score (nSPS) is 14.5. The number of rotatable bonds is 38. The Morgan fingerprint density at radius 1 is 0.648 bits per heavy atom. The van der Waals surface area contributed by atoms with Crippen LogP contribution in [-0.4, -0.2) is 60.5 Å². The predicted octanol–water partition coefficient (Wildman–Crippen LogP) is 10.7. The summed E-state index contributed by atoms with van der Waals surface area (Å²) in [5.41, 5.74) is 5.33. The van der Waals surface area contributed by atoms with Gasteiger partial charge in [0.05, 0.1) is 19.3 Å². The number of esters is 2. The minimum atomic E-state index is -4.43. The highest BCUT2D eigenvalue weighted by atomic mass is 31.2. The fraction of sp³-hybridized carbons (Fsp3) is 0.721. The van der Waals surface area contributed by atoms with Crippen molar-refractivity contribution in [3.8, 4) is 0 Å². The summed E-state index contributed by atoms with van der Waals surface area (Å²) in [5.74, 6) is -1.03. The second-order valence-corrected chi connectivity index (χ2v) is 15.1. The molecule has 0 spiro atoms. The van der Waals surface area contributed by atoms with Crippen molar-refractivity contribution in [1.82, 2.24) is 0 Å². The quantitative estimate of drug-likeness (QED) is 0.0181. The summed E-state index contributed by atoms with van der Waals surface area (Å²) in [5, 5.41) is 10.3. The Hall–Kier alpha value is -2.33. The minimum Gasteiger partial charge on any atom is -0.462 e. The van der Waals surface area contributed by atoms with Crippen LogP contribution < -0.4 is 5.73 Å². The van der Waals surface area contributed by atoms with Crippen LogP contribution in [0.2, 0.25) is 0 Å². The van der Waals surface area contributed by atoms with Crippen LogP contribution in [0.25, 0.3) is 0 Å². The Balaban J connectivity index is 4.38. The third kappa shape index (κ3) is 38.0. The Labute approximate surface area is 328 Å². The standard InChI is InChI=1S/C43H76NO9P/c1-3-5-7-9-11-13-15-17-18-20-22-24-26-28-30-34-42(46)50-38-41(39-52-54(48,49)51-37-36-44)53-43(47)35-31-33-40(45)32-29-27-25-23-21-19-16-14-12-10-8-6-4-2/h6,8,12,14,19,21,25,27,29,32,40-41,45H,3-5,7,9-11,13,15-18,20,22-24,26,28,30-31,33-39,44H2,1-2H3,(H,48,49)/b8-6-,14-12-,21-19-,27-25-,32-29+. The zero-order valence-corrected chi connectivity index (χ0v) is 34.7. The fourth-order valence-corrected chi connectivity index (χ4v) is 6.19. The van der Waals surface area contributed by atoms with Gasteiger partial charge in [0.1, 0.15) is 6.61 Å². The number of phosphoric acid groups is 1. The van der Waals surface area contributed by atoms with Gasteiger partial charge < -0.3 is 25.2 Å². The van der Waals surface area contributed by atoms with Crippen molar-refractivity contribution in [3.63, 3.8) is 0 Å². The Morgan fingerprint density at radius 3 is 1.72 bits per heavy atom. The van der Waals surface area contributed by atoms with E-state index >= 15 is 0 Å². The van der Waals surface area contributed by atoms with Gasteiger partial charge in [-0.3, -0.25) is 18.6 Å². The van der Waals surface area contributed by atoms with Gasteiger partial charge in [0.25, 0.3) is 0 Å². The molecule has 0 radical (unpaired) electrons. The molecule has 312 valence electrons. The van der Waals surface area contributed by atoms with Crippen LogP contribution in [0.4, 0.5) is 0 Å². The average molecular weight is 782 g/mol. The van der Waals surface area contributed by atoms with Gasteiger partial charge in [-0.05, 0) is 44.9 Å². The lowest BCUT2D eigenvalue weighted by Gasteiger charge is -2.20. The molecule has 54 heavy (non-hydrogen) atoms. The van der Waals surface area contributed by atoms with Gasteiger partial charge in [0.15, 0.2) is 6.10 Å². The maximum absolute atomic E-state index is 12.6. The van der Waals surface area contributed by atoms with E-state index in [1.807, 2.05) is 12.2 Å². The molecule has 0 aromatic rings. The minimum absolute atomic E-state index is 0.00109. The van der Waals surface area contributed by atoms with Gasteiger partial charge in [-0.25, -0.2) is 4.57 Å². The molecule has 11 heteroatoms. The molecule has 0 amide bonds. The first-order valence-corrected chi connectivity index (χ1v) is 22.4. The van der Waals surface area contributed by atoms with E-state index in [-0.39, 0.29) is 32.6 Å². The molecule has 10 nitrogen and oxygen atoms in total. The molecular weight excluding hydrogens is 705 g/mol. The second kappa shape index (κ2) is 38.9. The van der Waals surface area contributed by atoms with E-state index in [4.69, 9.17) is 24.3 Å². The summed E-state index contributed by atoms with van der Waals surface area (Å²) >= 11 is 0. The van der Waals surface area contributed by atoms with Crippen LogP contribution in [0, 0.1) is 0 Å². The number of allylic oxidation sites excluding steroid dienone is 9. The van der Waals surface area contributed by atoms with Gasteiger partial charge in [0, 0.05) is 19.4 Å². The highest BCUT2D eigenvalue weighted by molar-refractivity contribution is 7.47. The lowest BCUT2D eigenvalue weighted by atomic mass is 10.0. The zero-order chi connectivity index (χ0) is 39.8. The molecule has 3 atom stereocenters. The van der Waals surface area contributed by atoms with E-state index < -0.39 is 38.6 Å². The van der Waals surface area contributed by atoms with E-state index in [1.165, 1.54) is 70.6 Å². The molecule has 0 heterocycles. The molecule has 0 aliphatic carbocycles. The number of hydrogen-bond acceptors (Lipinski definition) is 9. The van der Waals surface area contributed by atoms with Crippen molar-refractivity contribution in [3.05, 3.63) is 60.8 Å². The van der Waals surface area contributed by atoms with Crippen molar-refractivity contribution in [2.24, 2.45) is 5.73 Å². The Morgan fingerprint density at radius 2 is 1.17 bits per heavy atom. The molecular formula is C43H76NO9P. The smallest absolute Gasteiger partial charge is 0.462 e. The van der Waals surface area contributed by atoms with Crippen LogP contribution in [0.3, 0.4) is 0 Å². The molecule has 4 N–H and O–H groups in total. The number of carbonyl (C=O) groups excluding carboxylic acids is 2. The predicted molar refractivity (Wildman–Crippen MR) is 221 cm³/mol. The molecule has 3 unspecified atom stereocenters. The fourth-order valence-electron chi connectivity index (χ4n) is 5.43. The first kappa shape index (κ1) is 51.7. The highest BCUT2D eigenvalue weighted by Crippen LogP contribution is 2.43. The number of nitrogens with two attached hydrogens (primary N) is 1. The average Bonchev–Trinajstić information content (AvgIpc) is 3.15. The second-order valence-electron chi connectivity index (χ2n) is 13.7. The lowest BCUT2D eigenvalue weighted by Crippen LogP contribution is -2.29. The molecule has 0 aliphatic heterocycles.